The van der Waals surface area contributed by atoms with E-state index in [1.165, 1.54) is 0 Å². The quantitative estimate of drug-likeness (QED) is 0.237. The van der Waals surface area contributed by atoms with Crippen molar-refractivity contribution >= 4 is 78.0 Å². The van der Waals surface area contributed by atoms with Crippen LogP contribution in [-0.4, -0.2) is 25.5 Å². The van der Waals surface area contributed by atoms with Gasteiger partial charge >= 0.3 is 62.1 Å². The Morgan fingerprint density at radius 1 is 1.12 bits per heavy atom. The summed E-state index contributed by atoms with van der Waals surface area (Å²) in [5.41, 5.74) is 0. The van der Waals surface area contributed by atoms with Crippen LogP contribution in [0.3, 0.4) is 0 Å². The van der Waals surface area contributed by atoms with Gasteiger partial charge in [-0.05, 0) is 13.0 Å². The van der Waals surface area contributed by atoms with Crippen LogP contribution in [0, 0.1) is 0 Å². The van der Waals surface area contributed by atoms with Gasteiger partial charge in [-0.2, -0.15) is 0 Å². The summed E-state index contributed by atoms with van der Waals surface area (Å²) < 4.78 is 0. The van der Waals surface area contributed by atoms with E-state index in [0.717, 1.165) is 6.54 Å². The third-order valence-electron chi connectivity index (χ3n) is 1.34. The normalized spacial score (nSPS) is 24.2. The van der Waals surface area contributed by atoms with E-state index in [-0.39, 0.29) is 0 Å². The molecular weight excluding hydrogens is 512 g/mol. The number of hydrogen-bond donors (Lipinski definition) is 0. The first-order valence-corrected chi connectivity index (χ1v) is 24.4. The summed E-state index contributed by atoms with van der Waals surface area (Å²) in [5.74, 6) is 0. The number of halogens is 7. The van der Waals surface area contributed by atoms with Gasteiger partial charge in [0.2, 0.25) is 0 Å². The van der Waals surface area contributed by atoms with Crippen LogP contribution in [0.1, 0.15) is 6.92 Å². The molecular formula is C7H10BrCl6NSb-. The maximum atomic E-state index is 5.06. The van der Waals surface area contributed by atoms with Crippen molar-refractivity contribution in [3.63, 3.8) is 0 Å². The molecule has 1 heterocycles. The second kappa shape index (κ2) is 5.75. The minimum atomic E-state index is -5.42. The summed E-state index contributed by atoms with van der Waals surface area (Å²) in [6.07, 6.45) is 8.29. The van der Waals surface area contributed by atoms with Gasteiger partial charge in [0.25, 0.3) is 0 Å². The molecule has 0 aromatic rings. The van der Waals surface area contributed by atoms with E-state index in [9.17, 15) is 0 Å². The molecule has 0 saturated heterocycles. The fourth-order valence-electron chi connectivity index (χ4n) is 0.789. The van der Waals surface area contributed by atoms with Crippen molar-refractivity contribution in [2.24, 2.45) is 0 Å². The topological polar surface area (TPSA) is 3.24 Å². The Labute approximate surface area is 124 Å². The van der Waals surface area contributed by atoms with E-state index < -0.39 is 9.14 Å². The second-order valence-corrected chi connectivity index (χ2v) is 60.7. The van der Waals surface area contributed by atoms with Crippen molar-refractivity contribution in [3.8, 4) is 0 Å². The molecule has 1 unspecified atom stereocenters. The summed E-state index contributed by atoms with van der Waals surface area (Å²) >= 11 is 3.50. The van der Waals surface area contributed by atoms with Gasteiger partial charge in [-0.3, -0.25) is 0 Å². The molecule has 0 N–H and O–H groups in total. The van der Waals surface area contributed by atoms with Crippen LogP contribution in [-0.2, 0) is 0 Å². The standard InChI is InChI=1S/C7H10BrN.6ClH.Sb/c1-2-9-6-4-3-5-7(9)8;;;;;;;/h3-7H,2H2,1H3;6*1H;/q;;;;;;;+5/p-6. The number of nitrogens with zero attached hydrogens (tertiary/aromatic N) is 1. The van der Waals surface area contributed by atoms with Gasteiger partial charge in [0, 0.05) is 12.7 Å². The van der Waals surface area contributed by atoms with Crippen molar-refractivity contribution in [1.29, 1.82) is 0 Å². The van der Waals surface area contributed by atoms with Crippen LogP contribution < -0.4 is 0 Å². The van der Waals surface area contributed by atoms with Crippen molar-refractivity contribution in [2.45, 2.75) is 11.9 Å². The number of rotatable bonds is 1. The number of likely N-dealkylation sites (N-methyl/N-ethyl adjacent to an activating group) is 1. The van der Waals surface area contributed by atoms with Gasteiger partial charge in [0.05, 0.1) is 0 Å². The third-order valence-corrected chi connectivity index (χ3v) is 2.17. The van der Waals surface area contributed by atoms with Crippen LogP contribution in [0.5, 0.6) is 0 Å². The molecule has 1 aliphatic rings. The Hall–Kier alpha value is 2.32. The fourth-order valence-corrected chi connectivity index (χ4v) is 1.39. The maximum absolute atomic E-state index is 5.42. The number of alkyl halides is 1. The first-order chi connectivity index (χ1) is 6.79. The van der Waals surface area contributed by atoms with Gasteiger partial charge in [-0.1, -0.05) is 28.1 Å². The Bertz CT molecular complexity index is 282. The summed E-state index contributed by atoms with van der Waals surface area (Å²) in [4.78, 5) is 2.60. The molecule has 98 valence electrons. The van der Waals surface area contributed by atoms with E-state index in [2.05, 4.69) is 40.0 Å². The molecule has 9 heteroatoms. The Morgan fingerprint density at radius 2 is 1.56 bits per heavy atom. The Balaban J connectivity index is 0.000000293. The molecule has 0 spiro atoms. The van der Waals surface area contributed by atoms with Gasteiger partial charge in [-0.15, -0.1) is 0 Å². The van der Waals surface area contributed by atoms with E-state index in [1.54, 1.807) is 0 Å². The molecule has 0 saturated carbocycles. The monoisotopic (exact) mass is 518 g/mol. The van der Waals surface area contributed by atoms with Gasteiger partial charge < -0.3 is 4.90 Å². The summed E-state index contributed by atoms with van der Waals surface area (Å²) in [6.45, 7) is 3.19. The summed E-state index contributed by atoms with van der Waals surface area (Å²) in [6, 6.07) is 0. The van der Waals surface area contributed by atoms with Crippen molar-refractivity contribution in [1.82, 2.24) is 4.90 Å². The SMILES string of the molecule is CCN1C=CC=CC1Br.[Cl][Sb-]([Cl])([Cl])([Cl])([Cl])[Cl]. The van der Waals surface area contributed by atoms with Gasteiger partial charge in [0.15, 0.2) is 0 Å². The van der Waals surface area contributed by atoms with Crippen molar-refractivity contribution in [3.05, 3.63) is 24.4 Å². The zero-order chi connectivity index (χ0) is 13.1. The van der Waals surface area contributed by atoms with Gasteiger partial charge in [0.1, 0.15) is 4.95 Å². The van der Waals surface area contributed by atoms with E-state index in [0.29, 0.717) is 4.95 Å². The van der Waals surface area contributed by atoms with Crippen LogP contribution in [0.15, 0.2) is 24.4 Å². The Kier molecular flexibility index (Phi) is 6.58. The van der Waals surface area contributed by atoms with Crippen LogP contribution in [0.2, 0.25) is 0 Å². The molecule has 16 heavy (non-hydrogen) atoms. The van der Waals surface area contributed by atoms with Crippen LogP contribution in [0.4, 0.5) is 0 Å². The molecule has 0 aromatic carbocycles. The predicted molar refractivity (Wildman–Crippen MR) is 84.2 cm³/mol. The van der Waals surface area contributed by atoms with Crippen molar-refractivity contribution < 1.29 is 0 Å². The van der Waals surface area contributed by atoms with E-state index >= 15 is 0 Å². The van der Waals surface area contributed by atoms with Gasteiger partial charge in [-0.25, -0.2) is 0 Å². The molecule has 0 aromatic heterocycles. The molecule has 1 rings (SSSR count). The first-order valence-electron chi connectivity index (χ1n) is 4.11. The average Bonchev–Trinajstić information content (AvgIpc) is 1.99. The number of hydrogen-bond acceptors (Lipinski definition) is 1. The summed E-state index contributed by atoms with van der Waals surface area (Å²) in [7, 11) is 25.0. The fraction of sp³-hybridized carbons (Fsp3) is 0.429. The minimum absolute atomic E-state index is 0.396. The predicted octanol–water partition coefficient (Wildman–Crippen LogP) is 5.87. The molecule has 1 aliphatic heterocycles. The van der Waals surface area contributed by atoms with E-state index in [4.69, 9.17) is 53.0 Å². The third kappa shape index (κ3) is 16.3. The molecule has 0 amide bonds. The Morgan fingerprint density at radius 3 is 1.81 bits per heavy atom. The summed E-state index contributed by atoms with van der Waals surface area (Å²) in [5, 5.41) is 0. The second-order valence-electron chi connectivity index (χ2n) is 2.89. The molecule has 1 atom stereocenters. The molecule has 0 fully saturated rings. The van der Waals surface area contributed by atoms with Crippen molar-refractivity contribution in [2.75, 3.05) is 6.54 Å². The van der Waals surface area contributed by atoms with Crippen LogP contribution in [0.25, 0.3) is 0 Å². The molecule has 0 bridgehead atoms. The average molecular weight is 523 g/mol. The number of allylic oxidation sites excluding steroid dienone is 2. The zero-order valence-corrected chi connectivity index (χ0v) is 16.8. The molecule has 1 nitrogen and oxygen atoms in total. The molecule has 0 radical (unpaired) electrons. The van der Waals surface area contributed by atoms with E-state index in [1.807, 2.05) is 12.2 Å². The molecule has 0 aliphatic carbocycles. The zero-order valence-electron chi connectivity index (χ0n) is 8.13. The first kappa shape index (κ1) is 18.3. The van der Waals surface area contributed by atoms with Crippen LogP contribution >= 0.6 is 68.9 Å².